The first kappa shape index (κ1) is 23.8. The summed E-state index contributed by atoms with van der Waals surface area (Å²) in [6.07, 6.45) is -2.83. The van der Waals surface area contributed by atoms with E-state index in [4.69, 9.17) is 9.97 Å². The summed E-state index contributed by atoms with van der Waals surface area (Å²) in [6.45, 7) is 6.18. The molecular formula is C28H26F3N5. The lowest BCUT2D eigenvalue weighted by molar-refractivity contribution is -0.137. The van der Waals surface area contributed by atoms with Gasteiger partial charge in [-0.1, -0.05) is 32.0 Å². The fourth-order valence-electron chi connectivity index (χ4n) is 4.67. The van der Waals surface area contributed by atoms with E-state index in [2.05, 4.69) is 29.5 Å². The molecule has 36 heavy (non-hydrogen) atoms. The van der Waals surface area contributed by atoms with Gasteiger partial charge in [-0.15, -0.1) is 0 Å². The molecule has 3 aromatic carbocycles. The first-order chi connectivity index (χ1) is 17.2. The highest BCUT2D eigenvalue weighted by Gasteiger charge is 2.30. The van der Waals surface area contributed by atoms with Crippen LogP contribution in [-0.2, 0) is 26.1 Å². The number of benzene rings is 3. The molecule has 5 nitrogen and oxygen atoms in total. The monoisotopic (exact) mass is 489 g/mol. The van der Waals surface area contributed by atoms with Gasteiger partial charge in [0.05, 0.1) is 22.3 Å². The quantitative estimate of drug-likeness (QED) is 0.280. The van der Waals surface area contributed by atoms with Gasteiger partial charge in [0.15, 0.2) is 5.82 Å². The van der Waals surface area contributed by atoms with Gasteiger partial charge >= 0.3 is 6.18 Å². The molecule has 0 bridgehead atoms. The zero-order valence-corrected chi connectivity index (χ0v) is 20.5. The topological polar surface area (TPSA) is 55.6 Å². The molecule has 0 amide bonds. The van der Waals surface area contributed by atoms with E-state index in [1.165, 1.54) is 6.07 Å². The Morgan fingerprint density at radius 2 is 1.72 bits per heavy atom. The van der Waals surface area contributed by atoms with Crippen LogP contribution in [0.25, 0.3) is 32.9 Å². The van der Waals surface area contributed by atoms with Crippen LogP contribution < -0.4 is 5.32 Å². The molecule has 5 rings (SSSR count). The first-order valence-electron chi connectivity index (χ1n) is 11.9. The van der Waals surface area contributed by atoms with Crippen LogP contribution >= 0.6 is 0 Å². The number of fused-ring (bicyclic) bond motifs is 2. The van der Waals surface area contributed by atoms with E-state index in [1.54, 1.807) is 10.7 Å². The third kappa shape index (κ3) is 4.17. The molecule has 0 unspecified atom stereocenters. The largest absolute Gasteiger partial charge is 0.416 e. The maximum absolute atomic E-state index is 13.2. The fraction of sp³-hybridized carbons (Fsp3) is 0.250. The number of alkyl halides is 3. The summed E-state index contributed by atoms with van der Waals surface area (Å²) in [6, 6.07) is 15.3. The molecule has 0 aliphatic heterocycles. The Hall–Kier alpha value is -3.94. The highest BCUT2D eigenvalue weighted by atomic mass is 19.4. The van der Waals surface area contributed by atoms with E-state index < -0.39 is 11.7 Å². The second-order valence-corrected chi connectivity index (χ2v) is 8.85. The molecule has 0 radical (unpaired) electrons. The molecule has 2 heterocycles. The molecule has 8 heteroatoms. The SMILES string of the molecule is CCc1nc(CC)c2cc(-c3c(C)ccc4c(Nc5cccc(C(F)(F)F)c5)nn(C)c34)ccc2n1. The van der Waals surface area contributed by atoms with Crippen LogP contribution in [0, 0.1) is 6.92 Å². The van der Waals surface area contributed by atoms with Gasteiger partial charge < -0.3 is 5.32 Å². The Balaban J connectivity index is 1.64. The van der Waals surface area contributed by atoms with Crippen molar-refractivity contribution >= 4 is 33.3 Å². The second-order valence-electron chi connectivity index (χ2n) is 8.85. The molecular weight excluding hydrogens is 463 g/mol. The lowest BCUT2D eigenvalue weighted by Gasteiger charge is -2.12. The van der Waals surface area contributed by atoms with Gasteiger partial charge in [-0.2, -0.15) is 18.3 Å². The fourth-order valence-corrected chi connectivity index (χ4v) is 4.67. The van der Waals surface area contributed by atoms with Crippen molar-refractivity contribution in [1.82, 2.24) is 19.7 Å². The number of hydrogen-bond donors (Lipinski definition) is 1. The van der Waals surface area contributed by atoms with E-state index in [9.17, 15) is 13.2 Å². The summed E-state index contributed by atoms with van der Waals surface area (Å²) in [5.74, 6) is 1.33. The molecule has 0 aliphatic carbocycles. The van der Waals surface area contributed by atoms with Crippen LogP contribution in [0.5, 0.6) is 0 Å². The number of halogens is 3. The zero-order chi connectivity index (χ0) is 25.6. The molecule has 0 spiro atoms. The Labute approximate surface area is 207 Å². The van der Waals surface area contributed by atoms with Crippen LogP contribution in [0.1, 0.15) is 36.5 Å². The van der Waals surface area contributed by atoms with Crippen LogP contribution in [0.2, 0.25) is 0 Å². The minimum Gasteiger partial charge on any atom is -0.338 e. The highest BCUT2D eigenvalue weighted by Crippen LogP contribution is 2.38. The van der Waals surface area contributed by atoms with Crippen LogP contribution in [0.4, 0.5) is 24.7 Å². The molecule has 5 aromatic rings. The highest BCUT2D eigenvalue weighted by molar-refractivity contribution is 6.03. The average Bonchev–Trinajstić information content (AvgIpc) is 3.17. The molecule has 0 saturated heterocycles. The van der Waals surface area contributed by atoms with Gasteiger partial charge in [0.1, 0.15) is 5.82 Å². The molecule has 1 N–H and O–H groups in total. The minimum absolute atomic E-state index is 0.328. The number of rotatable bonds is 5. The van der Waals surface area contributed by atoms with Crippen molar-refractivity contribution in [2.45, 2.75) is 39.8 Å². The smallest absolute Gasteiger partial charge is 0.338 e. The number of anilines is 2. The third-order valence-corrected chi connectivity index (χ3v) is 6.43. The van der Waals surface area contributed by atoms with E-state index in [-0.39, 0.29) is 0 Å². The van der Waals surface area contributed by atoms with E-state index in [1.807, 2.05) is 39.1 Å². The lowest BCUT2D eigenvalue weighted by Crippen LogP contribution is -2.05. The number of aromatic nitrogens is 4. The van der Waals surface area contributed by atoms with Gasteiger partial charge in [0, 0.05) is 35.5 Å². The summed E-state index contributed by atoms with van der Waals surface area (Å²) >= 11 is 0. The summed E-state index contributed by atoms with van der Waals surface area (Å²) in [4.78, 5) is 9.43. The Kier molecular flexibility index (Phi) is 5.90. The van der Waals surface area contributed by atoms with Crippen LogP contribution in [0.3, 0.4) is 0 Å². The van der Waals surface area contributed by atoms with Crippen molar-refractivity contribution in [3.8, 4) is 11.1 Å². The van der Waals surface area contributed by atoms with E-state index in [0.29, 0.717) is 11.5 Å². The summed E-state index contributed by atoms with van der Waals surface area (Å²) in [7, 11) is 1.84. The van der Waals surface area contributed by atoms with Gasteiger partial charge in [-0.25, -0.2) is 9.97 Å². The molecule has 0 aliphatic rings. The van der Waals surface area contributed by atoms with Crippen molar-refractivity contribution in [3.63, 3.8) is 0 Å². The van der Waals surface area contributed by atoms with Gasteiger partial charge in [0.2, 0.25) is 0 Å². The standard InChI is InChI=1S/C28H26F3N5/c1-5-22-21-14-17(11-13-23(21)34-24(6-2)33-22)25-16(3)10-12-20-26(25)36(4)35-27(20)32-19-9-7-8-18(15-19)28(29,30)31/h7-15H,5-6H2,1-4H3,(H,32,35). The summed E-state index contributed by atoms with van der Waals surface area (Å²) in [5.41, 5.74) is 5.55. The first-order valence-corrected chi connectivity index (χ1v) is 11.9. The van der Waals surface area contributed by atoms with Gasteiger partial charge in [-0.3, -0.25) is 4.68 Å². The molecule has 184 valence electrons. The molecule has 0 fully saturated rings. The number of nitrogens with one attached hydrogen (secondary N) is 1. The molecule has 0 saturated carbocycles. The van der Waals surface area contributed by atoms with Crippen molar-refractivity contribution < 1.29 is 13.2 Å². The van der Waals surface area contributed by atoms with Gasteiger partial charge in [0.25, 0.3) is 0 Å². The normalized spacial score (nSPS) is 12.0. The maximum atomic E-state index is 13.2. The Bertz CT molecular complexity index is 1600. The average molecular weight is 490 g/mol. The van der Waals surface area contributed by atoms with E-state index >= 15 is 0 Å². The van der Waals surface area contributed by atoms with Gasteiger partial charge in [-0.05, 0) is 60.9 Å². The van der Waals surface area contributed by atoms with Crippen molar-refractivity contribution in [3.05, 3.63) is 77.2 Å². The number of aryl methyl sites for hydroxylation is 4. The van der Waals surface area contributed by atoms with Crippen molar-refractivity contribution in [1.29, 1.82) is 0 Å². The predicted octanol–water partition coefficient (Wildman–Crippen LogP) is 7.38. The zero-order valence-electron chi connectivity index (χ0n) is 20.5. The minimum atomic E-state index is -4.41. The molecule has 2 aromatic heterocycles. The van der Waals surface area contributed by atoms with Crippen LogP contribution in [0.15, 0.2) is 54.6 Å². The Morgan fingerprint density at radius 1 is 0.917 bits per heavy atom. The van der Waals surface area contributed by atoms with Crippen LogP contribution in [-0.4, -0.2) is 19.7 Å². The second kappa shape index (κ2) is 8.93. The Morgan fingerprint density at radius 3 is 2.44 bits per heavy atom. The summed E-state index contributed by atoms with van der Waals surface area (Å²) in [5, 5.41) is 9.55. The van der Waals surface area contributed by atoms with E-state index in [0.717, 1.165) is 75.0 Å². The maximum Gasteiger partial charge on any atom is 0.416 e. The molecule has 0 atom stereocenters. The predicted molar refractivity (Wildman–Crippen MR) is 137 cm³/mol. The lowest BCUT2D eigenvalue weighted by atomic mass is 9.95. The summed E-state index contributed by atoms with van der Waals surface area (Å²) < 4.78 is 41.4. The third-order valence-electron chi connectivity index (χ3n) is 6.43. The van der Waals surface area contributed by atoms with Crippen molar-refractivity contribution in [2.75, 3.05) is 5.32 Å². The number of nitrogens with zero attached hydrogens (tertiary/aromatic N) is 4. The van der Waals surface area contributed by atoms with Crippen molar-refractivity contribution in [2.24, 2.45) is 7.05 Å². The number of hydrogen-bond acceptors (Lipinski definition) is 4.